The zero-order chi connectivity index (χ0) is 17.9. The van der Waals surface area contributed by atoms with Crippen molar-refractivity contribution < 1.29 is 29.3 Å². The Balaban J connectivity index is 4.11. The van der Waals surface area contributed by atoms with Crippen molar-refractivity contribution in [1.29, 1.82) is 0 Å². The molecule has 0 aliphatic carbocycles. The van der Waals surface area contributed by atoms with Gasteiger partial charge in [0.05, 0.1) is 19.1 Å². The minimum Gasteiger partial charge on any atom is -0.481 e. The van der Waals surface area contributed by atoms with Gasteiger partial charge in [-0.2, -0.15) is 0 Å². The molecule has 8 nitrogen and oxygen atoms in total. The highest BCUT2D eigenvalue weighted by atomic mass is 28.3. The smallest absolute Gasteiger partial charge is 0.407 e. The number of carbonyl (C=O) groups excluding carboxylic acids is 2. The van der Waals surface area contributed by atoms with Crippen molar-refractivity contribution >= 4 is 26.0 Å². The molecule has 0 bridgehead atoms. The summed E-state index contributed by atoms with van der Waals surface area (Å²) in [6.07, 6.45) is -0.686. The summed E-state index contributed by atoms with van der Waals surface area (Å²) in [6, 6.07) is 0.393. The third kappa shape index (κ3) is 13.8. The van der Waals surface area contributed by atoms with Gasteiger partial charge in [-0.3, -0.25) is 9.59 Å². The number of aliphatic carboxylic acids is 1. The van der Waals surface area contributed by atoms with Crippen molar-refractivity contribution in [3.63, 3.8) is 0 Å². The second-order valence-electron chi connectivity index (χ2n) is 6.50. The van der Waals surface area contributed by atoms with Gasteiger partial charge in [0, 0.05) is 27.6 Å². The third-order valence-corrected chi connectivity index (χ3v) is 4.70. The molecule has 9 heteroatoms. The quantitative estimate of drug-likeness (QED) is 0.409. The van der Waals surface area contributed by atoms with Gasteiger partial charge in [0.1, 0.15) is 0 Å². The molecular formula is C14H28N2O6Si. The SMILES string of the molecule is C[Si](C)(C)CCOC(=O)N[C@@H](CCO)CNC(=O)CCC(=O)O. The third-order valence-electron chi connectivity index (χ3n) is 3.00. The first-order valence-electron chi connectivity index (χ1n) is 7.66. The van der Waals surface area contributed by atoms with Crippen LogP contribution in [0.5, 0.6) is 0 Å². The maximum Gasteiger partial charge on any atom is 0.407 e. The number of amides is 2. The van der Waals surface area contributed by atoms with Gasteiger partial charge in [-0.15, -0.1) is 0 Å². The summed E-state index contributed by atoms with van der Waals surface area (Å²) >= 11 is 0. The molecule has 4 N–H and O–H groups in total. The minimum atomic E-state index is -1.28. The van der Waals surface area contributed by atoms with Gasteiger partial charge in [-0.1, -0.05) is 19.6 Å². The molecule has 0 aliphatic rings. The van der Waals surface area contributed by atoms with Crippen LogP contribution in [0.25, 0.3) is 0 Å². The van der Waals surface area contributed by atoms with E-state index in [4.69, 9.17) is 14.9 Å². The Bertz CT molecular complexity index is 397. The van der Waals surface area contributed by atoms with E-state index in [2.05, 4.69) is 30.3 Å². The van der Waals surface area contributed by atoms with Crippen LogP contribution < -0.4 is 10.6 Å². The van der Waals surface area contributed by atoms with Crippen LogP contribution in [-0.2, 0) is 14.3 Å². The molecule has 0 fully saturated rings. The molecule has 0 aromatic rings. The second kappa shape index (κ2) is 11.0. The van der Waals surface area contributed by atoms with E-state index in [1.54, 1.807) is 0 Å². The van der Waals surface area contributed by atoms with Crippen LogP contribution >= 0.6 is 0 Å². The Labute approximate surface area is 137 Å². The maximum atomic E-state index is 11.7. The summed E-state index contributed by atoms with van der Waals surface area (Å²) in [5.74, 6) is -1.46. The van der Waals surface area contributed by atoms with Gasteiger partial charge in [-0.25, -0.2) is 4.79 Å². The maximum absolute atomic E-state index is 11.7. The van der Waals surface area contributed by atoms with E-state index in [0.29, 0.717) is 6.61 Å². The second-order valence-corrected chi connectivity index (χ2v) is 12.1. The van der Waals surface area contributed by atoms with Crippen LogP contribution in [0.1, 0.15) is 19.3 Å². The van der Waals surface area contributed by atoms with Crippen LogP contribution in [0.4, 0.5) is 4.79 Å². The van der Waals surface area contributed by atoms with E-state index < -0.39 is 32.1 Å². The Kier molecular flexibility index (Phi) is 10.2. The number of hydrogen-bond acceptors (Lipinski definition) is 5. The van der Waals surface area contributed by atoms with Crippen molar-refractivity contribution in [1.82, 2.24) is 10.6 Å². The first kappa shape index (κ1) is 21.4. The highest BCUT2D eigenvalue weighted by Gasteiger charge is 2.17. The highest BCUT2D eigenvalue weighted by molar-refractivity contribution is 6.76. The number of nitrogens with one attached hydrogen (secondary N) is 2. The molecule has 0 saturated heterocycles. The van der Waals surface area contributed by atoms with Crippen LogP contribution in [0.2, 0.25) is 25.7 Å². The highest BCUT2D eigenvalue weighted by Crippen LogP contribution is 2.07. The van der Waals surface area contributed by atoms with Gasteiger partial charge in [0.15, 0.2) is 0 Å². The Morgan fingerprint density at radius 3 is 2.35 bits per heavy atom. The van der Waals surface area contributed by atoms with Crippen LogP contribution in [0.15, 0.2) is 0 Å². The lowest BCUT2D eigenvalue weighted by Gasteiger charge is -2.19. The predicted molar refractivity (Wildman–Crippen MR) is 88.0 cm³/mol. The first-order chi connectivity index (χ1) is 10.6. The molecule has 2 amide bonds. The summed E-state index contributed by atoms with van der Waals surface area (Å²) < 4.78 is 5.09. The lowest BCUT2D eigenvalue weighted by atomic mass is 10.2. The molecule has 0 radical (unpaired) electrons. The zero-order valence-electron chi connectivity index (χ0n) is 14.1. The Hall–Kier alpha value is -1.61. The number of alkyl carbamates (subject to hydrolysis) is 1. The van der Waals surface area contributed by atoms with Crippen molar-refractivity contribution in [2.75, 3.05) is 19.8 Å². The van der Waals surface area contributed by atoms with E-state index in [-0.39, 0.29) is 32.4 Å². The van der Waals surface area contributed by atoms with E-state index in [1.807, 2.05) is 0 Å². The number of rotatable bonds is 11. The number of aliphatic hydroxyl groups excluding tert-OH is 1. The standard InChI is InChI=1S/C14H28N2O6Si/c1-23(2,3)9-8-22-14(21)16-11(6-7-17)10-15-12(18)4-5-13(19)20/h11,17H,4-10H2,1-3H3,(H,15,18)(H,16,21)(H,19,20)/t11-/m0/s1. The number of carboxylic acids is 1. The largest absolute Gasteiger partial charge is 0.481 e. The zero-order valence-corrected chi connectivity index (χ0v) is 15.1. The monoisotopic (exact) mass is 348 g/mol. The number of carboxylic acid groups (broad SMARTS) is 1. The van der Waals surface area contributed by atoms with Crippen LogP contribution in [0, 0.1) is 0 Å². The summed E-state index contributed by atoms with van der Waals surface area (Å²) in [4.78, 5) is 33.5. The molecule has 1 atom stereocenters. The van der Waals surface area contributed by atoms with E-state index >= 15 is 0 Å². The van der Waals surface area contributed by atoms with Crippen molar-refractivity contribution in [3.8, 4) is 0 Å². The Morgan fingerprint density at radius 2 is 1.83 bits per heavy atom. The number of hydrogen-bond donors (Lipinski definition) is 4. The molecular weight excluding hydrogens is 320 g/mol. The lowest BCUT2D eigenvalue weighted by molar-refractivity contribution is -0.138. The van der Waals surface area contributed by atoms with Gasteiger partial charge in [-0.05, 0) is 12.5 Å². The number of ether oxygens (including phenoxy) is 1. The number of aliphatic hydroxyl groups is 1. The number of carbonyl (C=O) groups is 3. The molecule has 0 aromatic carbocycles. The lowest BCUT2D eigenvalue weighted by Crippen LogP contribution is -2.44. The van der Waals surface area contributed by atoms with Crippen LogP contribution in [-0.4, -0.2) is 62.1 Å². The fraction of sp³-hybridized carbons (Fsp3) is 0.786. The molecule has 0 aromatic heterocycles. The fourth-order valence-electron chi connectivity index (χ4n) is 1.59. The molecule has 0 unspecified atom stereocenters. The summed E-state index contributed by atoms with van der Waals surface area (Å²) in [5.41, 5.74) is 0. The van der Waals surface area contributed by atoms with Crippen molar-refractivity contribution in [3.05, 3.63) is 0 Å². The normalized spacial score (nSPS) is 12.3. The first-order valence-corrected chi connectivity index (χ1v) is 11.4. The van der Waals surface area contributed by atoms with Gasteiger partial charge in [0.2, 0.25) is 5.91 Å². The molecule has 0 rings (SSSR count). The molecule has 134 valence electrons. The van der Waals surface area contributed by atoms with Crippen molar-refractivity contribution in [2.24, 2.45) is 0 Å². The van der Waals surface area contributed by atoms with Crippen LogP contribution in [0.3, 0.4) is 0 Å². The molecule has 0 aliphatic heterocycles. The van der Waals surface area contributed by atoms with Gasteiger partial charge >= 0.3 is 12.1 Å². The summed E-state index contributed by atoms with van der Waals surface area (Å²) in [6.45, 7) is 6.84. The summed E-state index contributed by atoms with van der Waals surface area (Å²) in [7, 11) is -1.28. The van der Waals surface area contributed by atoms with Gasteiger partial charge in [0.25, 0.3) is 0 Å². The topological polar surface area (TPSA) is 125 Å². The van der Waals surface area contributed by atoms with Gasteiger partial charge < -0.3 is 25.6 Å². The minimum absolute atomic E-state index is 0.113. The van der Waals surface area contributed by atoms with Crippen molar-refractivity contribution in [2.45, 2.75) is 51.0 Å². The van der Waals surface area contributed by atoms with E-state index in [9.17, 15) is 14.4 Å². The molecule has 0 spiro atoms. The fourth-order valence-corrected chi connectivity index (χ4v) is 2.30. The average molecular weight is 348 g/mol. The average Bonchev–Trinajstić information content (AvgIpc) is 2.41. The van der Waals surface area contributed by atoms with E-state index in [1.165, 1.54) is 0 Å². The Morgan fingerprint density at radius 1 is 1.17 bits per heavy atom. The predicted octanol–water partition coefficient (Wildman–Crippen LogP) is 0.783. The summed E-state index contributed by atoms with van der Waals surface area (Å²) in [5, 5.41) is 22.6. The molecule has 0 heterocycles. The van der Waals surface area contributed by atoms with E-state index in [0.717, 1.165) is 6.04 Å². The molecule has 0 saturated carbocycles. The molecule has 23 heavy (non-hydrogen) atoms.